The maximum Gasteiger partial charge on any atom is 0.308 e. The number of esters is 1. The van der Waals surface area contributed by atoms with Gasteiger partial charge in [0, 0.05) is 19.2 Å². The van der Waals surface area contributed by atoms with Crippen LogP contribution in [0.25, 0.3) is 0 Å². The molecule has 4 N–H and O–H groups in total. The highest BCUT2D eigenvalue weighted by Gasteiger charge is 2.26. The molecule has 0 aliphatic carbocycles. The number of nitrogens with zero attached hydrogens (tertiary/aromatic N) is 3. The molecule has 1 aliphatic heterocycles. The summed E-state index contributed by atoms with van der Waals surface area (Å²) in [7, 11) is 1.42. The number of ether oxygens (including phenoxy) is 1. The van der Waals surface area contributed by atoms with Gasteiger partial charge in [0.25, 0.3) is 0 Å². The average molecular weight is 251 g/mol. The maximum atomic E-state index is 11.4. The van der Waals surface area contributed by atoms with Crippen LogP contribution >= 0.6 is 0 Å². The number of carbonyl (C=O) groups excluding carboxylic acids is 1. The lowest BCUT2D eigenvalue weighted by Gasteiger charge is -2.31. The van der Waals surface area contributed by atoms with Gasteiger partial charge in [0.1, 0.15) is 11.6 Å². The quantitative estimate of drug-likeness (QED) is 0.714. The number of nitrogens with two attached hydrogens (primary N) is 2. The molecule has 1 aromatic rings. The fraction of sp³-hybridized carbons (Fsp3) is 0.545. The molecular weight excluding hydrogens is 234 g/mol. The summed E-state index contributed by atoms with van der Waals surface area (Å²) in [6.45, 7) is 1.46. The van der Waals surface area contributed by atoms with Gasteiger partial charge in [0.15, 0.2) is 0 Å². The molecule has 0 atom stereocenters. The average Bonchev–Trinajstić information content (AvgIpc) is 2.37. The van der Waals surface area contributed by atoms with Crippen LogP contribution < -0.4 is 16.4 Å². The fourth-order valence-corrected chi connectivity index (χ4v) is 2.14. The largest absolute Gasteiger partial charge is 0.469 e. The number of methoxy groups -OCH3 is 1. The summed E-state index contributed by atoms with van der Waals surface area (Å²) in [5.41, 5.74) is 11.2. The fourth-order valence-electron chi connectivity index (χ4n) is 2.14. The van der Waals surface area contributed by atoms with Gasteiger partial charge in [-0.2, -0.15) is 9.97 Å². The third-order valence-electron chi connectivity index (χ3n) is 3.10. The first kappa shape index (κ1) is 12.4. The summed E-state index contributed by atoms with van der Waals surface area (Å²) in [5, 5.41) is 0. The van der Waals surface area contributed by atoms with Gasteiger partial charge in [-0.1, -0.05) is 0 Å². The third-order valence-corrected chi connectivity index (χ3v) is 3.10. The van der Waals surface area contributed by atoms with Gasteiger partial charge in [0.05, 0.1) is 13.0 Å². The van der Waals surface area contributed by atoms with Gasteiger partial charge in [-0.15, -0.1) is 0 Å². The molecule has 18 heavy (non-hydrogen) atoms. The third kappa shape index (κ3) is 2.61. The van der Waals surface area contributed by atoms with Gasteiger partial charge in [-0.3, -0.25) is 4.79 Å². The number of anilines is 3. The highest BCUT2D eigenvalue weighted by Crippen LogP contribution is 2.23. The Hall–Kier alpha value is -2.05. The van der Waals surface area contributed by atoms with E-state index in [-0.39, 0.29) is 17.8 Å². The predicted octanol–water partition coefficient (Wildman–Crippen LogP) is 0.0304. The van der Waals surface area contributed by atoms with Crippen LogP contribution in [-0.4, -0.2) is 36.1 Å². The Bertz CT molecular complexity index is 423. The molecule has 0 amide bonds. The van der Waals surface area contributed by atoms with Crippen molar-refractivity contribution in [1.29, 1.82) is 0 Å². The smallest absolute Gasteiger partial charge is 0.308 e. The van der Waals surface area contributed by atoms with Crippen molar-refractivity contribution < 1.29 is 9.53 Å². The number of aromatic nitrogens is 2. The number of hydrogen-bond acceptors (Lipinski definition) is 7. The number of rotatable bonds is 2. The normalized spacial score (nSPS) is 16.6. The van der Waals surface area contributed by atoms with Crippen LogP contribution in [0.4, 0.5) is 17.6 Å². The highest BCUT2D eigenvalue weighted by molar-refractivity contribution is 5.72. The van der Waals surface area contributed by atoms with Crippen LogP contribution in [0, 0.1) is 5.92 Å². The SMILES string of the molecule is COC(=O)C1CCN(c2cc(N)nc(N)n2)CC1. The lowest BCUT2D eigenvalue weighted by atomic mass is 9.97. The Labute approximate surface area is 105 Å². The molecule has 1 fully saturated rings. The predicted molar refractivity (Wildman–Crippen MR) is 67.8 cm³/mol. The number of carbonyl (C=O) groups is 1. The zero-order chi connectivity index (χ0) is 13.1. The number of piperidine rings is 1. The Morgan fingerprint density at radius 2 is 2.06 bits per heavy atom. The molecular formula is C11H17N5O2. The van der Waals surface area contributed by atoms with Crippen molar-refractivity contribution in [3.05, 3.63) is 6.07 Å². The topological polar surface area (TPSA) is 107 Å². The van der Waals surface area contributed by atoms with Crippen LogP contribution in [0.15, 0.2) is 6.07 Å². The molecule has 1 aromatic heterocycles. The molecule has 0 bridgehead atoms. The summed E-state index contributed by atoms with van der Waals surface area (Å²) in [5.74, 6) is 1.06. The molecule has 1 aliphatic rings. The Balaban J connectivity index is 2.03. The first-order chi connectivity index (χ1) is 8.60. The minimum absolute atomic E-state index is 0.0252. The van der Waals surface area contributed by atoms with E-state index in [4.69, 9.17) is 16.2 Å². The second-order valence-electron chi connectivity index (χ2n) is 4.29. The van der Waals surface area contributed by atoms with Gasteiger partial charge in [-0.25, -0.2) is 0 Å². The van der Waals surface area contributed by atoms with Crippen LogP contribution in [-0.2, 0) is 9.53 Å². The molecule has 0 spiro atoms. The molecule has 2 heterocycles. The van der Waals surface area contributed by atoms with Crippen molar-refractivity contribution in [2.24, 2.45) is 5.92 Å². The van der Waals surface area contributed by atoms with Crippen LogP contribution in [0.2, 0.25) is 0 Å². The van der Waals surface area contributed by atoms with Gasteiger partial charge >= 0.3 is 5.97 Å². The van der Waals surface area contributed by atoms with Crippen molar-refractivity contribution >= 4 is 23.6 Å². The minimum atomic E-state index is -0.142. The van der Waals surface area contributed by atoms with Gasteiger partial charge in [-0.05, 0) is 12.8 Å². The highest BCUT2D eigenvalue weighted by atomic mass is 16.5. The van der Waals surface area contributed by atoms with E-state index >= 15 is 0 Å². The van der Waals surface area contributed by atoms with E-state index in [9.17, 15) is 4.79 Å². The lowest BCUT2D eigenvalue weighted by molar-refractivity contribution is -0.146. The summed E-state index contributed by atoms with van der Waals surface area (Å²) < 4.78 is 4.75. The zero-order valence-corrected chi connectivity index (χ0v) is 10.3. The van der Waals surface area contributed by atoms with E-state index in [1.807, 2.05) is 4.90 Å². The summed E-state index contributed by atoms with van der Waals surface area (Å²) in [4.78, 5) is 21.4. The van der Waals surface area contributed by atoms with E-state index in [0.29, 0.717) is 11.6 Å². The van der Waals surface area contributed by atoms with Crippen LogP contribution in [0.1, 0.15) is 12.8 Å². The van der Waals surface area contributed by atoms with Crippen LogP contribution in [0.3, 0.4) is 0 Å². The first-order valence-corrected chi connectivity index (χ1v) is 5.83. The van der Waals surface area contributed by atoms with E-state index in [2.05, 4.69) is 9.97 Å². The van der Waals surface area contributed by atoms with Crippen molar-refractivity contribution in [1.82, 2.24) is 9.97 Å². The maximum absolute atomic E-state index is 11.4. The summed E-state index contributed by atoms with van der Waals surface area (Å²) in [6.07, 6.45) is 1.49. The Morgan fingerprint density at radius 3 is 2.61 bits per heavy atom. The van der Waals surface area contributed by atoms with Crippen molar-refractivity contribution in [3.8, 4) is 0 Å². The molecule has 1 saturated heterocycles. The Kier molecular flexibility index (Phi) is 3.50. The molecule has 0 aromatic carbocycles. The standard InChI is InChI=1S/C11H17N5O2/c1-18-10(17)7-2-4-16(5-3-7)9-6-8(12)14-11(13)15-9/h6-7H,2-5H2,1H3,(H4,12,13,14,15). The van der Waals surface area contributed by atoms with E-state index in [1.165, 1.54) is 7.11 Å². The minimum Gasteiger partial charge on any atom is -0.469 e. The summed E-state index contributed by atoms with van der Waals surface area (Å²) in [6, 6.07) is 1.69. The molecule has 2 rings (SSSR count). The summed E-state index contributed by atoms with van der Waals surface area (Å²) >= 11 is 0. The number of hydrogen-bond donors (Lipinski definition) is 2. The Morgan fingerprint density at radius 1 is 1.39 bits per heavy atom. The van der Waals surface area contributed by atoms with E-state index in [1.54, 1.807) is 6.07 Å². The van der Waals surface area contributed by atoms with Gasteiger partial charge < -0.3 is 21.1 Å². The molecule has 0 radical (unpaired) electrons. The van der Waals surface area contributed by atoms with Gasteiger partial charge in [0.2, 0.25) is 5.95 Å². The van der Waals surface area contributed by atoms with Crippen LogP contribution in [0.5, 0.6) is 0 Å². The van der Waals surface area contributed by atoms with Crippen molar-refractivity contribution in [3.63, 3.8) is 0 Å². The molecule has 0 saturated carbocycles. The zero-order valence-electron chi connectivity index (χ0n) is 10.3. The monoisotopic (exact) mass is 251 g/mol. The lowest BCUT2D eigenvalue weighted by Crippen LogP contribution is -2.37. The van der Waals surface area contributed by atoms with E-state index < -0.39 is 0 Å². The second kappa shape index (κ2) is 5.07. The molecule has 98 valence electrons. The first-order valence-electron chi connectivity index (χ1n) is 5.83. The van der Waals surface area contributed by atoms with Crippen molar-refractivity contribution in [2.75, 3.05) is 36.6 Å². The van der Waals surface area contributed by atoms with Crippen molar-refractivity contribution in [2.45, 2.75) is 12.8 Å². The molecule has 7 heteroatoms. The molecule has 7 nitrogen and oxygen atoms in total. The molecule has 0 unspecified atom stereocenters. The second-order valence-corrected chi connectivity index (χ2v) is 4.29. The van der Waals surface area contributed by atoms with E-state index in [0.717, 1.165) is 25.9 Å². The number of nitrogen functional groups attached to an aromatic ring is 2.